The molecule has 0 saturated carbocycles. The Bertz CT molecular complexity index is 251. The van der Waals surface area contributed by atoms with E-state index in [-0.39, 0.29) is 0 Å². The largest absolute Gasteiger partial charge is 0.201 e. The highest BCUT2D eigenvalue weighted by Crippen LogP contribution is 2.24. The molecule has 0 spiro atoms. The van der Waals surface area contributed by atoms with Crippen molar-refractivity contribution >= 4 is 22.9 Å². The first-order chi connectivity index (χ1) is 4.97. The van der Waals surface area contributed by atoms with Gasteiger partial charge < -0.3 is 0 Å². The van der Waals surface area contributed by atoms with Crippen LogP contribution in [0.2, 0.25) is 0 Å². The normalized spacial score (nSPS) is 10.0. The summed E-state index contributed by atoms with van der Waals surface area (Å²) in [6.45, 7) is 0. The van der Waals surface area contributed by atoms with Gasteiger partial charge in [0.2, 0.25) is 0 Å². The average Bonchev–Trinajstić information content (AvgIpc) is 2.59. The van der Waals surface area contributed by atoms with Crippen molar-refractivity contribution in [2.45, 2.75) is 0 Å². The van der Waals surface area contributed by atoms with Gasteiger partial charge in [-0.15, -0.1) is 0 Å². The van der Waals surface area contributed by atoms with Crippen LogP contribution in [0.25, 0.3) is 10.4 Å². The maximum atomic E-state index is 4.02. The van der Waals surface area contributed by atoms with E-state index in [1.165, 1.54) is 22.0 Å². The molecular formula is C7H5NS2. The predicted octanol–water partition coefficient (Wildman–Crippen LogP) is 2.87. The van der Waals surface area contributed by atoms with E-state index in [4.69, 9.17) is 0 Å². The van der Waals surface area contributed by atoms with Crippen LogP contribution in [-0.4, -0.2) is 4.37 Å². The lowest BCUT2D eigenvalue weighted by Crippen LogP contribution is -1.58. The summed E-state index contributed by atoms with van der Waals surface area (Å²) in [4.78, 5) is 1.25. The van der Waals surface area contributed by atoms with Crippen molar-refractivity contribution in [1.82, 2.24) is 4.37 Å². The van der Waals surface area contributed by atoms with E-state index in [0.717, 1.165) is 0 Å². The van der Waals surface area contributed by atoms with Crippen LogP contribution in [0.15, 0.2) is 29.1 Å². The van der Waals surface area contributed by atoms with Gasteiger partial charge in [-0.3, -0.25) is 0 Å². The zero-order valence-corrected chi connectivity index (χ0v) is 6.78. The molecule has 1 nitrogen and oxygen atoms in total. The first-order valence-electron chi connectivity index (χ1n) is 2.90. The molecule has 0 amide bonds. The van der Waals surface area contributed by atoms with E-state index in [1.54, 1.807) is 11.3 Å². The van der Waals surface area contributed by atoms with Gasteiger partial charge in [-0.25, -0.2) is 4.37 Å². The highest BCUT2D eigenvalue weighted by Gasteiger charge is 1.96. The Labute approximate surface area is 67.1 Å². The third-order valence-electron chi connectivity index (χ3n) is 1.24. The van der Waals surface area contributed by atoms with Crippen molar-refractivity contribution in [3.8, 4) is 10.4 Å². The lowest BCUT2D eigenvalue weighted by Gasteiger charge is -1.83. The first kappa shape index (κ1) is 6.07. The van der Waals surface area contributed by atoms with Crippen molar-refractivity contribution in [2.24, 2.45) is 0 Å². The molecule has 0 aliphatic rings. The van der Waals surface area contributed by atoms with Gasteiger partial charge in [0, 0.05) is 11.8 Å². The Kier molecular flexibility index (Phi) is 1.53. The van der Waals surface area contributed by atoms with Gasteiger partial charge in [-0.2, -0.15) is 11.3 Å². The average molecular weight is 167 g/mol. The van der Waals surface area contributed by atoms with Crippen LogP contribution in [0.3, 0.4) is 0 Å². The second kappa shape index (κ2) is 2.52. The molecule has 2 rings (SSSR count). The molecule has 0 unspecified atom stereocenters. The van der Waals surface area contributed by atoms with Crippen LogP contribution in [0.5, 0.6) is 0 Å². The van der Waals surface area contributed by atoms with Gasteiger partial charge in [-0.1, -0.05) is 0 Å². The molecule has 0 aromatic carbocycles. The van der Waals surface area contributed by atoms with Gasteiger partial charge in [0.15, 0.2) is 0 Å². The summed E-state index contributed by atoms with van der Waals surface area (Å²) >= 11 is 3.25. The van der Waals surface area contributed by atoms with Crippen LogP contribution in [0.4, 0.5) is 0 Å². The minimum Gasteiger partial charge on any atom is -0.201 e. The third-order valence-corrected chi connectivity index (χ3v) is 2.72. The summed E-state index contributed by atoms with van der Waals surface area (Å²) in [6, 6.07) is 4.14. The molecule has 0 N–H and O–H groups in total. The zero-order chi connectivity index (χ0) is 6.81. The van der Waals surface area contributed by atoms with Crippen LogP contribution in [-0.2, 0) is 0 Å². The van der Waals surface area contributed by atoms with E-state index in [1.807, 2.05) is 12.3 Å². The molecule has 0 radical (unpaired) electrons. The Morgan fingerprint density at radius 1 is 1.30 bits per heavy atom. The number of hydrogen-bond donors (Lipinski definition) is 0. The maximum Gasteiger partial charge on any atom is 0.0558 e. The molecule has 0 fully saturated rings. The molecule has 2 aromatic rings. The molecule has 0 aliphatic heterocycles. The molecular weight excluding hydrogens is 162 g/mol. The second-order valence-electron chi connectivity index (χ2n) is 1.89. The monoisotopic (exact) mass is 167 g/mol. The van der Waals surface area contributed by atoms with Crippen molar-refractivity contribution in [1.29, 1.82) is 0 Å². The van der Waals surface area contributed by atoms with E-state index in [9.17, 15) is 0 Å². The quantitative estimate of drug-likeness (QED) is 0.636. The predicted molar refractivity (Wildman–Crippen MR) is 45.4 cm³/mol. The van der Waals surface area contributed by atoms with Gasteiger partial charge in [0.25, 0.3) is 0 Å². The summed E-state index contributed by atoms with van der Waals surface area (Å²) in [7, 11) is 0. The molecule has 0 bridgehead atoms. The minimum atomic E-state index is 1.25. The Hall–Kier alpha value is -0.670. The topological polar surface area (TPSA) is 12.9 Å². The number of rotatable bonds is 1. The summed E-state index contributed by atoms with van der Waals surface area (Å²) < 4.78 is 4.02. The molecule has 10 heavy (non-hydrogen) atoms. The van der Waals surface area contributed by atoms with Crippen LogP contribution >= 0.6 is 22.9 Å². The second-order valence-corrected chi connectivity index (χ2v) is 3.50. The standard InChI is InChI=1S/C7H5NS2/c1-3-8-10-7(1)6-2-4-9-5-6/h1-5H. The molecule has 50 valence electrons. The van der Waals surface area contributed by atoms with Gasteiger partial charge in [0.05, 0.1) is 4.88 Å². The lowest BCUT2D eigenvalue weighted by atomic mass is 10.3. The van der Waals surface area contributed by atoms with Crippen LogP contribution < -0.4 is 0 Å². The van der Waals surface area contributed by atoms with Gasteiger partial charge in [-0.05, 0) is 34.4 Å². The van der Waals surface area contributed by atoms with Crippen molar-refractivity contribution in [3.05, 3.63) is 29.1 Å². The van der Waals surface area contributed by atoms with Crippen molar-refractivity contribution < 1.29 is 0 Å². The number of aromatic nitrogens is 1. The Morgan fingerprint density at radius 2 is 2.30 bits per heavy atom. The zero-order valence-electron chi connectivity index (χ0n) is 5.15. The highest BCUT2D eigenvalue weighted by atomic mass is 32.1. The van der Waals surface area contributed by atoms with Crippen molar-refractivity contribution in [3.63, 3.8) is 0 Å². The number of hydrogen-bond acceptors (Lipinski definition) is 3. The summed E-state index contributed by atoms with van der Waals surface area (Å²) in [5, 5.41) is 4.21. The fraction of sp³-hybridized carbons (Fsp3) is 0. The maximum absolute atomic E-state index is 4.02. The molecule has 0 atom stereocenters. The number of thiophene rings is 1. The van der Waals surface area contributed by atoms with E-state index < -0.39 is 0 Å². The third kappa shape index (κ3) is 0.978. The first-order valence-corrected chi connectivity index (χ1v) is 4.62. The fourth-order valence-electron chi connectivity index (χ4n) is 0.769. The lowest BCUT2D eigenvalue weighted by molar-refractivity contribution is 1.58. The Morgan fingerprint density at radius 3 is 2.90 bits per heavy atom. The molecule has 2 heterocycles. The summed E-state index contributed by atoms with van der Waals surface area (Å²) in [5.74, 6) is 0. The fourth-order valence-corrected chi connectivity index (χ4v) is 2.09. The van der Waals surface area contributed by atoms with Crippen LogP contribution in [0, 0.1) is 0 Å². The molecule has 0 saturated heterocycles. The highest BCUT2D eigenvalue weighted by molar-refractivity contribution is 7.11. The van der Waals surface area contributed by atoms with E-state index in [2.05, 4.69) is 21.2 Å². The van der Waals surface area contributed by atoms with Crippen LogP contribution in [0.1, 0.15) is 0 Å². The van der Waals surface area contributed by atoms with Crippen molar-refractivity contribution in [2.75, 3.05) is 0 Å². The van der Waals surface area contributed by atoms with Gasteiger partial charge >= 0.3 is 0 Å². The molecule has 3 heteroatoms. The molecule has 2 aromatic heterocycles. The van der Waals surface area contributed by atoms with E-state index >= 15 is 0 Å². The minimum absolute atomic E-state index is 1.25. The molecule has 0 aliphatic carbocycles. The summed E-state index contributed by atoms with van der Waals surface area (Å²) in [6.07, 6.45) is 1.83. The SMILES string of the molecule is c1cc(-c2ccsc2)sn1. The summed E-state index contributed by atoms with van der Waals surface area (Å²) in [5.41, 5.74) is 1.28. The van der Waals surface area contributed by atoms with Gasteiger partial charge in [0.1, 0.15) is 0 Å². The Balaban J connectivity index is 2.48. The smallest absolute Gasteiger partial charge is 0.0558 e. The number of nitrogens with zero attached hydrogens (tertiary/aromatic N) is 1. The van der Waals surface area contributed by atoms with E-state index in [0.29, 0.717) is 0 Å².